The van der Waals surface area contributed by atoms with Crippen LogP contribution in [0.1, 0.15) is 71.6 Å². The second kappa shape index (κ2) is 9.87. The van der Waals surface area contributed by atoms with Gasteiger partial charge in [0.1, 0.15) is 6.04 Å². The Morgan fingerprint density at radius 1 is 1.21 bits per heavy atom. The van der Waals surface area contributed by atoms with E-state index in [1.54, 1.807) is 0 Å². The number of hydrogen-bond donors (Lipinski definition) is 1. The number of nitrogens with zero attached hydrogens (tertiary/aromatic N) is 1. The first kappa shape index (κ1) is 19.0. The number of alkyl carbamates (subject to hydrolysis) is 1. The molecule has 2 fully saturated rings. The van der Waals surface area contributed by atoms with Gasteiger partial charge >= 0.3 is 6.09 Å². The number of nitrogens with one attached hydrogen (secondary N) is 1. The van der Waals surface area contributed by atoms with Gasteiger partial charge in [-0.3, -0.25) is 9.63 Å². The SMILES string of the molecule is CCCON1C(=O)[C@@H](NC(=O)OCCCCC2CCCCC2)[C@@H]1C. The van der Waals surface area contributed by atoms with Crippen LogP contribution in [0.15, 0.2) is 0 Å². The van der Waals surface area contributed by atoms with Gasteiger partial charge in [0, 0.05) is 0 Å². The van der Waals surface area contributed by atoms with Crippen molar-refractivity contribution in [3.8, 4) is 0 Å². The smallest absolute Gasteiger partial charge is 0.407 e. The highest BCUT2D eigenvalue weighted by Gasteiger charge is 2.46. The molecule has 0 unspecified atom stereocenters. The fourth-order valence-electron chi connectivity index (χ4n) is 3.49. The molecule has 6 heteroatoms. The summed E-state index contributed by atoms with van der Waals surface area (Å²) in [5.74, 6) is 0.667. The van der Waals surface area contributed by atoms with Crippen molar-refractivity contribution in [1.82, 2.24) is 10.4 Å². The van der Waals surface area contributed by atoms with Gasteiger partial charge in [-0.15, -0.1) is 0 Å². The molecule has 2 atom stereocenters. The first-order valence-electron chi connectivity index (χ1n) is 9.52. The Morgan fingerprint density at radius 2 is 1.96 bits per heavy atom. The molecular weight excluding hydrogens is 308 g/mol. The topological polar surface area (TPSA) is 67.9 Å². The number of unbranched alkanes of at least 4 members (excludes halogenated alkanes) is 1. The van der Waals surface area contributed by atoms with Crippen LogP contribution in [0, 0.1) is 5.92 Å². The van der Waals surface area contributed by atoms with E-state index in [9.17, 15) is 9.59 Å². The third-order valence-electron chi connectivity index (χ3n) is 5.01. The number of amides is 2. The second-order valence-corrected chi connectivity index (χ2v) is 7.00. The molecule has 2 amide bonds. The summed E-state index contributed by atoms with van der Waals surface area (Å²) in [5.41, 5.74) is 0. The van der Waals surface area contributed by atoms with Crippen molar-refractivity contribution in [3.05, 3.63) is 0 Å². The van der Waals surface area contributed by atoms with E-state index in [0.717, 1.165) is 25.2 Å². The summed E-state index contributed by atoms with van der Waals surface area (Å²) in [6, 6.07) is -0.681. The van der Waals surface area contributed by atoms with E-state index in [4.69, 9.17) is 9.57 Å². The number of carbonyl (C=O) groups is 2. The largest absolute Gasteiger partial charge is 0.450 e. The number of rotatable bonds is 9. The van der Waals surface area contributed by atoms with Crippen LogP contribution in [-0.4, -0.2) is 42.4 Å². The maximum absolute atomic E-state index is 11.9. The molecule has 0 spiro atoms. The quantitative estimate of drug-likeness (QED) is 0.516. The van der Waals surface area contributed by atoms with Crippen molar-refractivity contribution >= 4 is 12.0 Å². The molecule has 2 aliphatic rings. The summed E-state index contributed by atoms with van der Waals surface area (Å²) >= 11 is 0. The van der Waals surface area contributed by atoms with Crippen molar-refractivity contribution in [3.63, 3.8) is 0 Å². The van der Waals surface area contributed by atoms with Gasteiger partial charge in [-0.1, -0.05) is 45.4 Å². The average molecular weight is 340 g/mol. The van der Waals surface area contributed by atoms with E-state index >= 15 is 0 Å². The van der Waals surface area contributed by atoms with Crippen LogP contribution in [0.25, 0.3) is 0 Å². The molecule has 0 radical (unpaired) electrons. The lowest BCUT2D eigenvalue weighted by Gasteiger charge is -2.43. The van der Waals surface area contributed by atoms with Crippen LogP contribution in [0.3, 0.4) is 0 Å². The third kappa shape index (κ3) is 5.36. The van der Waals surface area contributed by atoms with Crippen LogP contribution in [0.2, 0.25) is 0 Å². The van der Waals surface area contributed by atoms with Gasteiger partial charge in [0.15, 0.2) is 0 Å². The number of hydrogen-bond acceptors (Lipinski definition) is 4. The van der Waals surface area contributed by atoms with Gasteiger partial charge < -0.3 is 10.1 Å². The van der Waals surface area contributed by atoms with E-state index in [-0.39, 0.29) is 11.9 Å². The first-order valence-corrected chi connectivity index (χ1v) is 9.52. The van der Waals surface area contributed by atoms with Gasteiger partial charge in [0.05, 0.1) is 19.3 Å². The molecule has 1 heterocycles. The van der Waals surface area contributed by atoms with E-state index in [1.807, 2.05) is 13.8 Å². The normalized spacial score (nSPS) is 24.6. The van der Waals surface area contributed by atoms with Gasteiger partial charge in [-0.25, -0.2) is 9.86 Å². The van der Waals surface area contributed by atoms with Gasteiger partial charge in [-0.05, 0) is 32.1 Å². The zero-order valence-electron chi connectivity index (χ0n) is 15.1. The van der Waals surface area contributed by atoms with Crippen LogP contribution >= 0.6 is 0 Å². The summed E-state index contributed by atoms with van der Waals surface area (Å²) in [6.07, 6.45) is 10.4. The van der Waals surface area contributed by atoms with E-state index < -0.39 is 12.1 Å². The molecule has 24 heavy (non-hydrogen) atoms. The van der Waals surface area contributed by atoms with E-state index in [1.165, 1.54) is 43.6 Å². The number of β-lactam (4-membered cyclic amide) rings is 1. The highest BCUT2D eigenvalue weighted by Crippen LogP contribution is 2.27. The molecule has 1 saturated carbocycles. The Balaban J connectivity index is 1.53. The predicted octanol–water partition coefficient (Wildman–Crippen LogP) is 3.40. The second-order valence-electron chi connectivity index (χ2n) is 7.00. The lowest BCUT2D eigenvalue weighted by atomic mass is 9.86. The monoisotopic (exact) mass is 340 g/mol. The van der Waals surface area contributed by atoms with E-state index in [2.05, 4.69) is 5.32 Å². The molecule has 0 aromatic rings. The zero-order valence-corrected chi connectivity index (χ0v) is 15.1. The van der Waals surface area contributed by atoms with Gasteiger partial charge in [0.2, 0.25) is 0 Å². The lowest BCUT2D eigenvalue weighted by Crippen LogP contribution is -2.69. The molecule has 6 nitrogen and oxygen atoms in total. The fourth-order valence-corrected chi connectivity index (χ4v) is 3.49. The molecular formula is C18H32N2O4. The maximum Gasteiger partial charge on any atom is 0.407 e. The Bertz CT molecular complexity index is 410. The number of hydroxylamine groups is 2. The van der Waals surface area contributed by atoms with Crippen molar-refractivity contribution in [2.24, 2.45) is 5.92 Å². The van der Waals surface area contributed by atoms with Crippen molar-refractivity contribution < 1.29 is 19.2 Å². The summed E-state index contributed by atoms with van der Waals surface area (Å²) in [4.78, 5) is 29.0. The third-order valence-corrected chi connectivity index (χ3v) is 5.01. The molecule has 1 saturated heterocycles. The number of carbonyl (C=O) groups excluding carboxylic acids is 2. The molecule has 2 rings (SSSR count). The molecule has 1 N–H and O–H groups in total. The number of ether oxygens (including phenoxy) is 1. The Morgan fingerprint density at radius 3 is 2.62 bits per heavy atom. The highest BCUT2D eigenvalue weighted by molar-refractivity contribution is 5.91. The maximum atomic E-state index is 11.9. The summed E-state index contributed by atoms with van der Waals surface area (Å²) in [5, 5.41) is 3.96. The fraction of sp³-hybridized carbons (Fsp3) is 0.889. The van der Waals surface area contributed by atoms with E-state index in [0.29, 0.717) is 13.2 Å². The highest BCUT2D eigenvalue weighted by atomic mass is 16.7. The Kier molecular flexibility index (Phi) is 7.82. The van der Waals surface area contributed by atoms with Crippen molar-refractivity contribution in [2.45, 2.75) is 83.7 Å². The van der Waals surface area contributed by atoms with Crippen molar-refractivity contribution in [1.29, 1.82) is 0 Å². The van der Waals surface area contributed by atoms with Crippen LogP contribution in [0.4, 0.5) is 4.79 Å². The molecule has 0 aromatic carbocycles. The minimum Gasteiger partial charge on any atom is -0.450 e. The molecule has 0 bridgehead atoms. The Hall–Kier alpha value is -1.30. The van der Waals surface area contributed by atoms with Crippen LogP contribution < -0.4 is 5.32 Å². The molecule has 1 aliphatic carbocycles. The lowest BCUT2D eigenvalue weighted by molar-refractivity contribution is -0.231. The Labute approximate surface area is 145 Å². The minimum absolute atomic E-state index is 0.150. The van der Waals surface area contributed by atoms with Crippen LogP contribution in [0.5, 0.6) is 0 Å². The minimum atomic E-state index is -0.531. The zero-order chi connectivity index (χ0) is 17.4. The first-order chi connectivity index (χ1) is 11.6. The summed E-state index contributed by atoms with van der Waals surface area (Å²) in [7, 11) is 0. The molecule has 0 aromatic heterocycles. The average Bonchev–Trinajstić information content (AvgIpc) is 2.60. The van der Waals surface area contributed by atoms with Gasteiger partial charge in [-0.2, -0.15) is 0 Å². The summed E-state index contributed by atoms with van der Waals surface area (Å²) in [6.45, 7) is 4.76. The van der Waals surface area contributed by atoms with Crippen molar-refractivity contribution in [2.75, 3.05) is 13.2 Å². The molecule has 138 valence electrons. The molecule has 1 aliphatic heterocycles. The summed E-state index contributed by atoms with van der Waals surface area (Å²) < 4.78 is 5.19. The van der Waals surface area contributed by atoms with Crippen LogP contribution in [-0.2, 0) is 14.4 Å². The van der Waals surface area contributed by atoms with Gasteiger partial charge in [0.25, 0.3) is 5.91 Å². The predicted molar refractivity (Wildman–Crippen MR) is 91.2 cm³/mol. The standard InChI is InChI=1S/C18H32N2O4/c1-3-12-24-20-14(2)16(17(20)21)19-18(22)23-13-8-7-11-15-9-5-4-6-10-15/h14-16H,3-13H2,1-2H3,(H,19,22)/t14-,16-/m0/s1.